The smallest absolute Gasteiger partial charge is 0.220 e. The van der Waals surface area contributed by atoms with Crippen LogP contribution in [0.4, 0.5) is 0 Å². The lowest BCUT2D eigenvalue weighted by molar-refractivity contribution is -0.119. The molecule has 1 saturated heterocycles. The molecule has 0 saturated carbocycles. The van der Waals surface area contributed by atoms with Crippen molar-refractivity contribution >= 4 is 5.91 Å². The van der Waals surface area contributed by atoms with E-state index in [4.69, 9.17) is 5.11 Å². The van der Waals surface area contributed by atoms with Crippen LogP contribution in [0.15, 0.2) is 0 Å². The Labute approximate surface area is 73.2 Å². The van der Waals surface area contributed by atoms with Gasteiger partial charge in [-0.1, -0.05) is 6.92 Å². The molecular formula is C9H17NO2. The second-order valence-corrected chi connectivity index (χ2v) is 3.74. The molecule has 1 fully saturated rings. The van der Waals surface area contributed by atoms with Gasteiger partial charge in [0.1, 0.15) is 0 Å². The molecule has 12 heavy (non-hydrogen) atoms. The Hall–Kier alpha value is -0.570. The number of hydrogen-bond donors (Lipinski definition) is 2. The van der Waals surface area contributed by atoms with E-state index in [1.807, 2.05) is 6.92 Å². The Balaban J connectivity index is 2.11. The summed E-state index contributed by atoms with van der Waals surface area (Å²) in [6.45, 7) is 3.12. The van der Waals surface area contributed by atoms with Crippen LogP contribution in [0.1, 0.15) is 26.2 Å². The average Bonchev–Trinajstić information content (AvgIpc) is 2.47. The first-order valence-corrected chi connectivity index (χ1v) is 4.60. The van der Waals surface area contributed by atoms with Gasteiger partial charge in [-0.25, -0.2) is 0 Å². The zero-order valence-corrected chi connectivity index (χ0v) is 7.55. The molecule has 0 radical (unpaired) electrons. The van der Waals surface area contributed by atoms with Crippen molar-refractivity contribution in [3.05, 3.63) is 0 Å². The van der Waals surface area contributed by atoms with Gasteiger partial charge in [-0.15, -0.1) is 0 Å². The molecule has 2 atom stereocenters. The predicted molar refractivity (Wildman–Crippen MR) is 46.6 cm³/mol. The van der Waals surface area contributed by atoms with E-state index in [-0.39, 0.29) is 12.5 Å². The van der Waals surface area contributed by atoms with Crippen molar-refractivity contribution in [2.75, 3.05) is 13.2 Å². The fourth-order valence-corrected chi connectivity index (χ4v) is 1.48. The molecule has 0 aromatic carbocycles. The molecule has 1 amide bonds. The fraction of sp³-hybridized carbons (Fsp3) is 0.889. The third-order valence-electron chi connectivity index (χ3n) is 2.44. The molecule has 1 aliphatic rings. The van der Waals surface area contributed by atoms with E-state index in [1.165, 1.54) is 0 Å². The average molecular weight is 171 g/mol. The third-order valence-corrected chi connectivity index (χ3v) is 2.44. The van der Waals surface area contributed by atoms with Gasteiger partial charge in [0.2, 0.25) is 5.91 Å². The fourth-order valence-electron chi connectivity index (χ4n) is 1.48. The second-order valence-electron chi connectivity index (χ2n) is 3.74. The standard InChI is InChI=1S/C9H17NO2/c1-7(6-11)2-3-8-4-9(12)10-5-8/h7-8,11H,2-6H2,1H3,(H,10,12). The van der Waals surface area contributed by atoms with Crippen LogP contribution in [-0.2, 0) is 4.79 Å². The zero-order valence-electron chi connectivity index (χ0n) is 7.55. The van der Waals surface area contributed by atoms with Crippen LogP contribution in [0.5, 0.6) is 0 Å². The lowest BCUT2D eigenvalue weighted by atomic mass is 9.97. The van der Waals surface area contributed by atoms with Gasteiger partial charge in [-0.2, -0.15) is 0 Å². The summed E-state index contributed by atoms with van der Waals surface area (Å²) in [5.41, 5.74) is 0. The maximum atomic E-state index is 10.8. The zero-order chi connectivity index (χ0) is 8.97. The van der Waals surface area contributed by atoms with E-state index < -0.39 is 0 Å². The Morgan fingerprint density at radius 1 is 1.75 bits per heavy atom. The van der Waals surface area contributed by atoms with Crippen LogP contribution in [0.25, 0.3) is 0 Å². The van der Waals surface area contributed by atoms with Gasteiger partial charge in [0, 0.05) is 19.6 Å². The van der Waals surface area contributed by atoms with Crippen molar-refractivity contribution in [1.82, 2.24) is 5.32 Å². The van der Waals surface area contributed by atoms with Crippen LogP contribution in [0.3, 0.4) is 0 Å². The van der Waals surface area contributed by atoms with Gasteiger partial charge in [0.05, 0.1) is 0 Å². The van der Waals surface area contributed by atoms with E-state index in [9.17, 15) is 4.79 Å². The Morgan fingerprint density at radius 3 is 3.00 bits per heavy atom. The van der Waals surface area contributed by atoms with Crippen LogP contribution in [-0.4, -0.2) is 24.2 Å². The molecule has 0 spiro atoms. The number of aliphatic hydroxyl groups is 1. The maximum Gasteiger partial charge on any atom is 0.220 e. The molecule has 1 rings (SSSR count). The van der Waals surface area contributed by atoms with Crippen molar-refractivity contribution in [2.24, 2.45) is 11.8 Å². The lowest BCUT2D eigenvalue weighted by Crippen LogP contribution is -2.14. The van der Waals surface area contributed by atoms with E-state index in [0.29, 0.717) is 18.3 Å². The number of nitrogens with one attached hydrogen (secondary N) is 1. The highest BCUT2D eigenvalue weighted by Gasteiger charge is 2.21. The van der Waals surface area contributed by atoms with Crippen LogP contribution >= 0.6 is 0 Å². The summed E-state index contributed by atoms with van der Waals surface area (Å²) in [6, 6.07) is 0. The Morgan fingerprint density at radius 2 is 2.50 bits per heavy atom. The van der Waals surface area contributed by atoms with E-state index in [1.54, 1.807) is 0 Å². The highest BCUT2D eigenvalue weighted by molar-refractivity contribution is 5.78. The molecule has 1 aliphatic heterocycles. The van der Waals surface area contributed by atoms with Gasteiger partial charge in [-0.05, 0) is 24.7 Å². The molecule has 70 valence electrons. The summed E-state index contributed by atoms with van der Waals surface area (Å²) in [6.07, 6.45) is 2.76. The number of hydrogen-bond acceptors (Lipinski definition) is 2. The van der Waals surface area contributed by atoms with Gasteiger partial charge < -0.3 is 10.4 Å². The summed E-state index contributed by atoms with van der Waals surface area (Å²) >= 11 is 0. The second kappa shape index (κ2) is 4.45. The van der Waals surface area contributed by atoms with Gasteiger partial charge in [0.25, 0.3) is 0 Å². The number of aliphatic hydroxyl groups excluding tert-OH is 1. The number of amides is 1. The highest BCUT2D eigenvalue weighted by atomic mass is 16.3. The maximum absolute atomic E-state index is 10.8. The van der Waals surface area contributed by atoms with Crippen molar-refractivity contribution in [3.8, 4) is 0 Å². The van der Waals surface area contributed by atoms with Crippen LogP contribution in [0, 0.1) is 11.8 Å². The molecule has 1 heterocycles. The lowest BCUT2D eigenvalue weighted by Gasteiger charge is -2.10. The minimum Gasteiger partial charge on any atom is -0.396 e. The largest absolute Gasteiger partial charge is 0.396 e. The van der Waals surface area contributed by atoms with Crippen molar-refractivity contribution < 1.29 is 9.90 Å². The summed E-state index contributed by atoms with van der Waals surface area (Å²) in [7, 11) is 0. The SMILES string of the molecule is CC(CO)CCC1CNC(=O)C1. The van der Waals surface area contributed by atoms with Gasteiger partial charge in [0.15, 0.2) is 0 Å². The molecule has 0 aromatic rings. The van der Waals surface area contributed by atoms with Gasteiger partial charge in [-0.3, -0.25) is 4.79 Å². The van der Waals surface area contributed by atoms with Crippen LogP contribution in [0.2, 0.25) is 0 Å². The van der Waals surface area contributed by atoms with Crippen molar-refractivity contribution in [1.29, 1.82) is 0 Å². The monoisotopic (exact) mass is 171 g/mol. The first-order chi connectivity index (χ1) is 5.72. The predicted octanol–water partition coefficient (Wildman–Crippen LogP) is 0.531. The molecule has 3 heteroatoms. The molecule has 0 bridgehead atoms. The van der Waals surface area contributed by atoms with E-state index in [0.717, 1.165) is 19.4 Å². The first-order valence-electron chi connectivity index (χ1n) is 4.60. The number of carbonyl (C=O) groups excluding carboxylic acids is 1. The van der Waals surface area contributed by atoms with Crippen molar-refractivity contribution in [3.63, 3.8) is 0 Å². The summed E-state index contributed by atoms with van der Waals surface area (Å²) in [5, 5.41) is 11.6. The highest BCUT2D eigenvalue weighted by Crippen LogP contribution is 2.18. The Bertz CT molecular complexity index is 159. The molecule has 2 unspecified atom stereocenters. The van der Waals surface area contributed by atoms with Gasteiger partial charge >= 0.3 is 0 Å². The number of carbonyl (C=O) groups is 1. The van der Waals surface area contributed by atoms with E-state index in [2.05, 4.69) is 5.32 Å². The molecule has 0 aliphatic carbocycles. The summed E-state index contributed by atoms with van der Waals surface area (Å²) in [5.74, 6) is 1.06. The van der Waals surface area contributed by atoms with E-state index >= 15 is 0 Å². The topological polar surface area (TPSA) is 49.3 Å². The van der Waals surface area contributed by atoms with Crippen molar-refractivity contribution in [2.45, 2.75) is 26.2 Å². The Kier molecular flexibility index (Phi) is 3.53. The third kappa shape index (κ3) is 2.81. The molecule has 3 nitrogen and oxygen atoms in total. The molecule has 0 aromatic heterocycles. The minimum absolute atomic E-state index is 0.177. The number of rotatable bonds is 4. The summed E-state index contributed by atoms with van der Waals surface area (Å²) in [4.78, 5) is 10.8. The summed E-state index contributed by atoms with van der Waals surface area (Å²) < 4.78 is 0. The minimum atomic E-state index is 0.177. The first kappa shape index (κ1) is 9.52. The normalized spacial score (nSPS) is 25.5. The van der Waals surface area contributed by atoms with Crippen LogP contribution < -0.4 is 5.32 Å². The molecule has 2 N–H and O–H groups in total. The quantitative estimate of drug-likeness (QED) is 0.648. The molecular weight excluding hydrogens is 154 g/mol.